The molecule has 2 fully saturated rings. The van der Waals surface area contributed by atoms with E-state index in [1.807, 2.05) is 11.9 Å². The second kappa shape index (κ2) is 8.77. The number of benzene rings is 1. The molecule has 1 aromatic carbocycles. The second-order valence-electron chi connectivity index (χ2n) is 8.23. The minimum atomic E-state index is -4.78. The van der Waals surface area contributed by atoms with Crippen LogP contribution in [0.5, 0.6) is 5.75 Å². The molecule has 4 rings (SSSR count). The fourth-order valence-corrected chi connectivity index (χ4v) is 4.40. The summed E-state index contributed by atoms with van der Waals surface area (Å²) in [6.45, 7) is 1.65. The number of pyridine rings is 1. The van der Waals surface area contributed by atoms with Gasteiger partial charge in [0.25, 0.3) is 0 Å². The predicted octanol–water partition coefficient (Wildman–Crippen LogP) is 3.66. The van der Waals surface area contributed by atoms with Crippen LogP contribution in [0.1, 0.15) is 23.5 Å². The lowest BCUT2D eigenvalue weighted by atomic mass is 9.97. The molecule has 2 aliphatic rings. The van der Waals surface area contributed by atoms with Crippen LogP contribution in [0.4, 0.5) is 33.5 Å². The number of aromatic nitrogens is 1. The van der Waals surface area contributed by atoms with E-state index in [1.165, 1.54) is 19.4 Å². The largest absolute Gasteiger partial charge is 0.497 e. The zero-order chi connectivity index (χ0) is 23.9. The smallest absolute Gasteiger partial charge is 0.421 e. The van der Waals surface area contributed by atoms with E-state index in [2.05, 4.69) is 4.98 Å². The molecule has 1 aromatic heterocycles. The van der Waals surface area contributed by atoms with Gasteiger partial charge in [-0.1, -0.05) is 0 Å². The van der Waals surface area contributed by atoms with Crippen molar-refractivity contribution in [3.05, 3.63) is 47.2 Å². The number of hydrogen-bond acceptors (Lipinski definition) is 5. The molecule has 0 spiro atoms. The fraction of sp³-hybridized carbons (Fsp3) is 0.455. The number of nitrogens with zero attached hydrogens (tertiary/aromatic N) is 4. The average Bonchev–Trinajstić information content (AvgIpc) is 3.13. The highest BCUT2D eigenvalue weighted by molar-refractivity contribution is 5.97. The van der Waals surface area contributed by atoms with Gasteiger partial charge in [0, 0.05) is 69.0 Å². The van der Waals surface area contributed by atoms with Gasteiger partial charge in [0.2, 0.25) is 5.91 Å². The van der Waals surface area contributed by atoms with Crippen molar-refractivity contribution >= 4 is 17.4 Å². The molecule has 0 N–H and O–H groups in total. The van der Waals surface area contributed by atoms with Crippen molar-refractivity contribution in [3.8, 4) is 5.75 Å². The number of amides is 1. The van der Waals surface area contributed by atoms with Gasteiger partial charge in [0.1, 0.15) is 28.8 Å². The number of likely N-dealkylation sites (N-methyl/N-ethyl adjacent to an activating group) is 1. The first-order chi connectivity index (χ1) is 15.6. The van der Waals surface area contributed by atoms with Crippen LogP contribution in [0.25, 0.3) is 0 Å². The monoisotopic (exact) mass is 470 g/mol. The van der Waals surface area contributed by atoms with E-state index in [1.54, 1.807) is 4.90 Å². The normalized spacial score (nSPS) is 20.0. The number of ether oxygens (including phenoxy) is 1. The van der Waals surface area contributed by atoms with Crippen molar-refractivity contribution in [1.29, 1.82) is 0 Å². The van der Waals surface area contributed by atoms with Crippen LogP contribution >= 0.6 is 0 Å². The van der Waals surface area contributed by atoms with Crippen molar-refractivity contribution in [1.82, 2.24) is 9.88 Å². The van der Waals surface area contributed by atoms with Crippen LogP contribution in [0.3, 0.4) is 0 Å². The molecule has 2 aromatic rings. The lowest BCUT2D eigenvalue weighted by molar-refractivity contribution is -0.136. The minimum Gasteiger partial charge on any atom is -0.497 e. The van der Waals surface area contributed by atoms with Crippen LogP contribution in [0, 0.1) is 11.6 Å². The molecule has 178 valence electrons. The van der Waals surface area contributed by atoms with E-state index in [0.29, 0.717) is 26.2 Å². The van der Waals surface area contributed by atoms with Crippen LogP contribution in [0.15, 0.2) is 24.4 Å². The molecule has 11 heteroatoms. The molecule has 6 nitrogen and oxygen atoms in total. The van der Waals surface area contributed by atoms with E-state index in [9.17, 15) is 26.7 Å². The van der Waals surface area contributed by atoms with Gasteiger partial charge in [-0.15, -0.1) is 0 Å². The topological polar surface area (TPSA) is 48.9 Å². The zero-order valence-corrected chi connectivity index (χ0v) is 18.1. The summed E-state index contributed by atoms with van der Waals surface area (Å²) >= 11 is 0. The summed E-state index contributed by atoms with van der Waals surface area (Å²) in [6.07, 6.45) is -3.89. The second-order valence-corrected chi connectivity index (χ2v) is 8.23. The van der Waals surface area contributed by atoms with E-state index in [-0.39, 0.29) is 30.0 Å². The van der Waals surface area contributed by atoms with Crippen molar-refractivity contribution in [2.24, 2.45) is 0 Å². The molecule has 3 heterocycles. The maximum Gasteiger partial charge on any atom is 0.421 e. The number of carbonyl (C=O) groups excluding carboxylic acids is 1. The van der Waals surface area contributed by atoms with Crippen molar-refractivity contribution in [2.75, 3.05) is 56.7 Å². The molecular weight excluding hydrogens is 447 g/mol. The number of piperazine rings is 1. The molecule has 33 heavy (non-hydrogen) atoms. The van der Waals surface area contributed by atoms with Gasteiger partial charge >= 0.3 is 6.18 Å². The van der Waals surface area contributed by atoms with E-state index >= 15 is 0 Å². The average molecular weight is 470 g/mol. The maximum atomic E-state index is 14.6. The number of rotatable bonds is 4. The number of alkyl halides is 3. The summed E-state index contributed by atoms with van der Waals surface area (Å²) in [5.41, 5.74) is -1.42. The minimum absolute atomic E-state index is 0.0316. The molecule has 1 amide bonds. The zero-order valence-electron chi connectivity index (χ0n) is 18.1. The third kappa shape index (κ3) is 4.46. The highest BCUT2D eigenvalue weighted by Crippen LogP contribution is 2.44. The van der Waals surface area contributed by atoms with Gasteiger partial charge in [-0.2, -0.15) is 13.2 Å². The predicted molar refractivity (Wildman–Crippen MR) is 112 cm³/mol. The lowest BCUT2D eigenvalue weighted by Crippen LogP contribution is -2.45. The van der Waals surface area contributed by atoms with E-state index < -0.39 is 41.0 Å². The first-order valence-electron chi connectivity index (χ1n) is 10.4. The van der Waals surface area contributed by atoms with E-state index in [4.69, 9.17) is 4.74 Å². The number of halogens is 5. The summed E-state index contributed by atoms with van der Waals surface area (Å²) in [5, 5.41) is 0. The Morgan fingerprint density at radius 2 is 1.73 bits per heavy atom. The van der Waals surface area contributed by atoms with Gasteiger partial charge in [0.05, 0.1) is 12.8 Å². The molecule has 0 unspecified atom stereocenters. The Morgan fingerprint density at radius 3 is 2.30 bits per heavy atom. The SMILES string of the molecule is COc1cc(F)c([C@H]2CC(=O)N(c3nccc(N4CCN(C)CC4)c3C(F)(F)F)C2)c(F)c1. The molecule has 1 atom stereocenters. The van der Waals surface area contributed by atoms with Gasteiger partial charge in [-0.25, -0.2) is 13.8 Å². The molecule has 0 radical (unpaired) electrons. The first-order valence-corrected chi connectivity index (χ1v) is 10.4. The molecular formula is C22H23F5N4O2. The van der Waals surface area contributed by atoms with E-state index in [0.717, 1.165) is 17.0 Å². The Kier molecular flexibility index (Phi) is 6.17. The Balaban J connectivity index is 1.71. The van der Waals surface area contributed by atoms with Crippen LogP contribution in [-0.2, 0) is 11.0 Å². The summed E-state index contributed by atoms with van der Waals surface area (Å²) in [7, 11) is 3.15. The summed E-state index contributed by atoms with van der Waals surface area (Å²) < 4.78 is 76.6. The summed E-state index contributed by atoms with van der Waals surface area (Å²) in [4.78, 5) is 21.1. The highest BCUT2D eigenvalue weighted by atomic mass is 19.4. The standard InChI is InChI=1S/C22H23F5N4O2/c1-29-5-7-30(8-6-29)17-3-4-28-21(20(17)22(25,26)27)31-12-13(9-18(31)32)19-15(23)10-14(33-2)11-16(19)24/h3-4,10-11,13H,5-9,12H2,1-2H3/t13-/m0/s1. The maximum absolute atomic E-state index is 14.6. The highest BCUT2D eigenvalue weighted by Gasteiger charge is 2.44. The third-order valence-electron chi connectivity index (χ3n) is 6.11. The van der Waals surface area contributed by atoms with Crippen molar-refractivity contribution < 1.29 is 31.5 Å². The molecule has 2 saturated heterocycles. The quantitative estimate of drug-likeness (QED) is 0.639. The molecule has 0 saturated carbocycles. The number of carbonyl (C=O) groups is 1. The lowest BCUT2D eigenvalue weighted by Gasteiger charge is -2.36. The fourth-order valence-electron chi connectivity index (χ4n) is 4.40. The van der Waals surface area contributed by atoms with Crippen LogP contribution < -0.4 is 14.5 Å². The van der Waals surface area contributed by atoms with Crippen LogP contribution in [-0.4, -0.2) is 62.7 Å². The Labute approximate surface area is 187 Å². The number of methoxy groups -OCH3 is 1. The number of hydrogen-bond donors (Lipinski definition) is 0. The Bertz CT molecular complexity index is 1030. The molecule has 0 aliphatic carbocycles. The Morgan fingerprint density at radius 1 is 1.09 bits per heavy atom. The van der Waals surface area contributed by atoms with Crippen LogP contribution in [0.2, 0.25) is 0 Å². The Hall–Kier alpha value is -2.95. The van der Waals surface area contributed by atoms with Gasteiger partial charge < -0.3 is 14.5 Å². The summed E-state index contributed by atoms with van der Waals surface area (Å²) in [6, 6.07) is 3.26. The molecule has 2 aliphatic heterocycles. The molecule has 0 bridgehead atoms. The van der Waals surface area contributed by atoms with Crippen molar-refractivity contribution in [2.45, 2.75) is 18.5 Å². The van der Waals surface area contributed by atoms with Gasteiger partial charge in [0.15, 0.2) is 0 Å². The van der Waals surface area contributed by atoms with Gasteiger partial charge in [-0.3, -0.25) is 9.69 Å². The first kappa shape index (κ1) is 23.2. The van der Waals surface area contributed by atoms with Gasteiger partial charge in [-0.05, 0) is 13.1 Å². The summed E-state index contributed by atoms with van der Waals surface area (Å²) in [5.74, 6) is -4.04. The van der Waals surface area contributed by atoms with Crippen molar-refractivity contribution in [3.63, 3.8) is 0 Å². The number of anilines is 2. The third-order valence-corrected chi connectivity index (χ3v) is 6.11.